The quantitative estimate of drug-likeness (QED) is 0.805. The predicted octanol–water partition coefficient (Wildman–Crippen LogP) is 1.22. The number of piperazine rings is 1. The van der Waals surface area contributed by atoms with E-state index in [1.54, 1.807) is 0 Å². The highest BCUT2D eigenvalue weighted by Gasteiger charge is 2.43. The summed E-state index contributed by atoms with van der Waals surface area (Å²) in [5.41, 5.74) is 0.340. The Morgan fingerprint density at radius 3 is 2.82 bits per heavy atom. The topological polar surface area (TPSA) is 32.3 Å². The van der Waals surface area contributed by atoms with Gasteiger partial charge in [0.1, 0.15) is 0 Å². The van der Waals surface area contributed by atoms with Crippen molar-refractivity contribution in [2.45, 2.75) is 43.9 Å². The second-order valence-corrected chi connectivity index (χ2v) is 7.79. The second-order valence-electron chi connectivity index (χ2n) is 5.99. The van der Waals surface area contributed by atoms with Crippen LogP contribution in [0.3, 0.4) is 0 Å². The molecule has 1 aliphatic carbocycles. The van der Waals surface area contributed by atoms with Gasteiger partial charge in [0, 0.05) is 47.5 Å². The van der Waals surface area contributed by atoms with E-state index in [0.717, 1.165) is 32.0 Å². The van der Waals surface area contributed by atoms with Crippen LogP contribution in [-0.4, -0.2) is 52.3 Å². The van der Waals surface area contributed by atoms with E-state index < -0.39 is 10.8 Å². The van der Waals surface area contributed by atoms with Crippen LogP contribution in [0.5, 0.6) is 0 Å². The first-order valence-corrected chi connectivity index (χ1v) is 8.43. The molecule has 3 atom stereocenters. The summed E-state index contributed by atoms with van der Waals surface area (Å²) in [4.78, 5) is 2.55. The molecule has 0 spiro atoms. The SMILES string of the molecule is CC(CCN1CCNC(C)(C2CC2)C1)S(C)=O. The molecule has 2 rings (SSSR count). The van der Waals surface area contributed by atoms with Crippen molar-refractivity contribution in [3.8, 4) is 0 Å². The first-order valence-electron chi connectivity index (χ1n) is 6.81. The van der Waals surface area contributed by atoms with Crippen molar-refractivity contribution in [1.82, 2.24) is 10.2 Å². The highest BCUT2D eigenvalue weighted by molar-refractivity contribution is 7.84. The molecule has 0 bridgehead atoms. The van der Waals surface area contributed by atoms with Crippen molar-refractivity contribution in [1.29, 1.82) is 0 Å². The minimum absolute atomic E-state index is 0.331. The summed E-state index contributed by atoms with van der Waals surface area (Å²) in [6.45, 7) is 8.99. The molecule has 3 nitrogen and oxygen atoms in total. The third kappa shape index (κ3) is 3.52. The summed E-state index contributed by atoms with van der Waals surface area (Å²) in [6, 6.07) is 0. The Kier molecular flexibility index (Phi) is 4.26. The van der Waals surface area contributed by atoms with Crippen LogP contribution in [0.2, 0.25) is 0 Å². The van der Waals surface area contributed by atoms with E-state index in [4.69, 9.17) is 0 Å². The molecular weight excluding hydrogens is 232 g/mol. The first-order chi connectivity index (χ1) is 8.01. The van der Waals surface area contributed by atoms with Gasteiger partial charge in [0.05, 0.1) is 0 Å². The minimum atomic E-state index is -0.673. The van der Waals surface area contributed by atoms with E-state index >= 15 is 0 Å². The molecule has 0 aromatic heterocycles. The Labute approximate surface area is 108 Å². The Morgan fingerprint density at radius 1 is 1.53 bits per heavy atom. The van der Waals surface area contributed by atoms with Crippen molar-refractivity contribution >= 4 is 10.8 Å². The Morgan fingerprint density at radius 2 is 2.24 bits per heavy atom. The molecule has 4 heteroatoms. The summed E-state index contributed by atoms with van der Waals surface area (Å²) in [5.74, 6) is 0.892. The maximum Gasteiger partial charge on any atom is 0.0329 e. The van der Waals surface area contributed by atoms with Gasteiger partial charge >= 0.3 is 0 Å². The van der Waals surface area contributed by atoms with E-state index in [1.807, 2.05) is 6.26 Å². The largest absolute Gasteiger partial charge is 0.309 e. The van der Waals surface area contributed by atoms with Crippen molar-refractivity contribution in [3.63, 3.8) is 0 Å². The number of nitrogens with zero attached hydrogens (tertiary/aromatic N) is 1. The standard InChI is InChI=1S/C13H26N2OS/c1-11(17(3)16)6-8-15-9-7-14-13(2,10-15)12-4-5-12/h11-12,14H,4-10H2,1-3H3. The fraction of sp³-hybridized carbons (Fsp3) is 1.00. The molecule has 3 unspecified atom stereocenters. The van der Waals surface area contributed by atoms with Crippen molar-refractivity contribution < 1.29 is 4.21 Å². The zero-order valence-electron chi connectivity index (χ0n) is 11.4. The molecule has 0 aromatic carbocycles. The lowest BCUT2D eigenvalue weighted by Crippen LogP contribution is -2.60. The molecular formula is C13H26N2OS. The molecule has 0 amide bonds. The van der Waals surface area contributed by atoms with Gasteiger partial charge in [-0.1, -0.05) is 6.92 Å². The lowest BCUT2D eigenvalue weighted by Gasteiger charge is -2.42. The molecule has 100 valence electrons. The highest BCUT2D eigenvalue weighted by atomic mass is 32.2. The molecule has 1 aliphatic heterocycles. The normalized spacial score (nSPS) is 34.5. The van der Waals surface area contributed by atoms with E-state index in [1.165, 1.54) is 19.4 Å². The van der Waals surface area contributed by atoms with Crippen molar-refractivity contribution in [3.05, 3.63) is 0 Å². The molecule has 1 N–H and O–H groups in total. The highest BCUT2D eigenvalue weighted by Crippen LogP contribution is 2.40. The lowest BCUT2D eigenvalue weighted by atomic mass is 9.93. The summed E-state index contributed by atoms with van der Waals surface area (Å²) >= 11 is 0. The van der Waals surface area contributed by atoms with Crippen LogP contribution in [0.15, 0.2) is 0 Å². The maximum absolute atomic E-state index is 11.3. The molecule has 1 heterocycles. The van der Waals surface area contributed by atoms with Crippen LogP contribution >= 0.6 is 0 Å². The second kappa shape index (κ2) is 5.37. The average molecular weight is 258 g/mol. The maximum atomic E-state index is 11.3. The van der Waals surface area contributed by atoms with Gasteiger partial charge in [0.2, 0.25) is 0 Å². The summed E-state index contributed by atoms with van der Waals surface area (Å²) in [7, 11) is -0.673. The summed E-state index contributed by atoms with van der Waals surface area (Å²) in [5, 5.41) is 4.03. The minimum Gasteiger partial charge on any atom is -0.309 e. The monoisotopic (exact) mass is 258 g/mol. The fourth-order valence-electron chi connectivity index (χ4n) is 2.81. The molecule has 2 fully saturated rings. The van der Waals surface area contributed by atoms with Gasteiger partial charge in [0.15, 0.2) is 0 Å². The van der Waals surface area contributed by atoms with Gasteiger partial charge < -0.3 is 10.2 Å². The average Bonchev–Trinajstić information content (AvgIpc) is 3.09. The Balaban J connectivity index is 1.79. The molecule has 17 heavy (non-hydrogen) atoms. The smallest absolute Gasteiger partial charge is 0.0329 e. The summed E-state index contributed by atoms with van der Waals surface area (Å²) in [6.07, 6.45) is 5.67. The van der Waals surface area contributed by atoms with Gasteiger partial charge in [-0.25, -0.2) is 0 Å². The van der Waals surface area contributed by atoms with Crippen LogP contribution in [0.1, 0.15) is 33.1 Å². The number of nitrogens with one attached hydrogen (secondary N) is 1. The molecule has 2 aliphatic rings. The molecule has 0 radical (unpaired) electrons. The van der Waals surface area contributed by atoms with E-state index in [0.29, 0.717) is 10.8 Å². The third-order valence-corrected chi connectivity index (χ3v) is 5.77. The summed E-state index contributed by atoms with van der Waals surface area (Å²) < 4.78 is 11.3. The Bertz CT molecular complexity index is 293. The van der Waals surface area contributed by atoms with E-state index in [-0.39, 0.29) is 0 Å². The third-order valence-electron chi connectivity index (χ3n) is 4.41. The van der Waals surface area contributed by atoms with E-state index in [2.05, 4.69) is 24.1 Å². The van der Waals surface area contributed by atoms with Crippen LogP contribution < -0.4 is 5.32 Å². The molecule has 1 saturated heterocycles. The zero-order chi connectivity index (χ0) is 12.5. The van der Waals surface area contributed by atoms with Crippen LogP contribution in [0, 0.1) is 5.92 Å². The number of hydrogen-bond donors (Lipinski definition) is 1. The van der Waals surface area contributed by atoms with Crippen LogP contribution in [-0.2, 0) is 10.8 Å². The zero-order valence-corrected chi connectivity index (χ0v) is 12.2. The first kappa shape index (κ1) is 13.5. The van der Waals surface area contributed by atoms with Gasteiger partial charge in [-0.15, -0.1) is 0 Å². The van der Waals surface area contributed by atoms with Crippen LogP contribution in [0.25, 0.3) is 0 Å². The molecule has 1 saturated carbocycles. The van der Waals surface area contributed by atoms with Gasteiger partial charge in [0.25, 0.3) is 0 Å². The van der Waals surface area contributed by atoms with Gasteiger partial charge in [-0.2, -0.15) is 0 Å². The fourth-order valence-corrected chi connectivity index (χ4v) is 3.25. The van der Waals surface area contributed by atoms with Crippen molar-refractivity contribution in [2.24, 2.45) is 5.92 Å². The van der Waals surface area contributed by atoms with Gasteiger partial charge in [-0.05, 0) is 38.6 Å². The van der Waals surface area contributed by atoms with Gasteiger partial charge in [-0.3, -0.25) is 4.21 Å². The van der Waals surface area contributed by atoms with E-state index in [9.17, 15) is 4.21 Å². The molecule has 0 aromatic rings. The predicted molar refractivity (Wildman–Crippen MR) is 73.7 cm³/mol. The van der Waals surface area contributed by atoms with Crippen molar-refractivity contribution in [2.75, 3.05) is 32.4 Å². The Hall–Kier alpha value is 0.0700. The van der Waals surface area contributed by atoms with Crippen LogP contribution in [0.4, 0.5) is 0 Å². The number of rotatable bonds is 5. The lowest BCUT2D eigenvalue weighted by molar-refractivity contribution is 0.126. The number of hydrogen-bond acceptors (Lipinski definition) is 3.